The minimum atomic E-state index is 0.615. The fourth-order valence-corrected chi connectivity index (χ4v) is 4.46. The zero-order valence-corrected chi connectivity index (χ0v) is 21.7. The van der Waals surface area contributed by atoms with Crippen LogP contribution in [0.1, 0.15) is 88.6 Å². The first-order valence-electron chi connectivity index (χ1n) is 13.1. The summed E-state index contributed by atoms with van der Waals surface area (Å²) < 4.78 is 5.53. The van der Waals surface area contributed by atoms with E-state index in [-0.39, 0.29) is 0 Å². The zero-order chi connectivity index (χ0) is 24.0. The maximum atomic E-state index is 6.14. The Morgan fingerprint density at radius 2 is 1.47 bits per heavy atom. The van der Waals surface area contributed by atoms with Crippen LogP contribution in [0.5, 0.6) is 0 Å². The molecule has 0 atom stereocenters. The van der Waals surface area contributed by atoms with E-state index in [0.29, 0.717) is 5.89 Å². The molecule has 0 radical (unpaired) electrons. The summed E-state index contributed by atoms with van der Waals surface area (Å²) in [6.07, 6.45) is 12.8. The van der Waals surface area contributed by atoms with E-state index in [2.05, 4.69) is 59.2 Å². The molecule has 0 spiro atoms. The predicted octanol–water partition coefficient (Wildman–Crippen LogP) is 8.49. The van der Waals surface area contributed by atoms with Crippen LogP contribution in [0, 0.1) is 0 Å². The lowest BCUT2D eigenvalue weighted by Gasteiger charge is -2.20. The molecule has 4 nitrogen and oxygen atoms in total. The van der Waals surface area contributed by atoms with Crippen LogP contribution in [0.25, 0.3) is 11.5 Å². The van der Waals surface area contributed by atoms with Crippen LogP contribution in [-0.2, 0) is 19.5 Å². The number of unbranched alkanes of at least 4 members (excludes halogenated alkanes) is 8. The molecule has 5 heteroatoms. The summed E-state index contributed by atoms with van der Waals surface area (Å²) in [7, 11) is 0. The lowest BCUT2D eigenvalue weighted by molar-refractivity contribution is 0.271. The van der Waals surface area contributed by atoms with E-state index in [9.17, 15) is 0 Å². The van der Waals surface area contributed by atoms with Crippen LogP contribution < -0.4 is 0 Å². The highest BCUT2D eigenvalue weighted by atomic mass is 35.5. The Kier molecular flexibility index (Phi) is 11.6. The van der Waals surface area contributed by atoms with Gasteiger partial charge in [-0.1, -0.05) is 106 Å². The van der Waals surface area contributed by atoms with Gasteiger partial charge >= 0.3 is 0 Å². The van der Waals surface area contributed by atoms with Crippen molar-refractivity contribution >= 4 is 11.6 Å². The summed E-state index contributed by atoms with van der Waals surface area (Å²) in [6, 6.07) is 16.6. The molecule has 3 aromatic rings. The summed E-state index contributed by atoms with van der Waals surface area (Å²) in [6.45, 7) is 7.19. The summed E-state index contributed by atoms with van der Waals surface area (Å²) in [4.78, 5) is 7.02. The summed E-state index contributed by atoms with van der Waals surface area (Å²) in [5.74, 6) is 1.43. The molecule has 0 bridgehead atoms. The Morgan fingerprint density at radius 1 is 0.794 bits per heavy atom. The van der Waals surface area contributed by atoms with E-state index >= 15 is 0 Å². The predicted molar refractivity (Wildman–Crippen MR) is 142 cm³/mol. The average Bonchev–Trinajstić information content (AvgIpc) is 3.32. The van der Waals surface area contributed by atoms with Crippen molar-refractivity contribution in [3.05, 3.63) is 70.5 Å². The largest absolute Gasteiger partial charge is 0.334 e. The van der Waals surface area contributed by atoms with Crippen molar-refractivity contribution in [1.82, 2.24) is 15.0 Å². The van der Waals surface area contributed by atoms with Gasteiger partial charge in [0.1, 0.15) is 0 Å². The standard InChI is InChI=1S/C29H40ClN3O/c1-3-5-6-7-8-9-10-11-12-16-28-31-29(34-32-28)26-19-17-24(18-20-26)22-33(4-2)23-25-14-13-15-27(30)21-25/h13-15,17-21H,3-12,16,22-23H2,1-2H3. The van der Waals surface area contributed by atoms with Gasteiger partial charge in [0.25, 0.3) is 5.89 Å². The third kappa shape index (κ3) is 9.23. The molecule has 34 heavy (non-hydrogen) atoms. The molecule has 1 heterocycles. The van der Waals surface area contributed by atoms with Gasteiger partial charge < -0.3 is 4.52 Å². The molecule has 0 aliphatic carbocycles. The average molecular weight is 482 g/mol. The second-order valence-corrected chi connectivity index (χ2v) is 9.66. The van der Waals surface area contributed by atoms with Crippen LogP contribution in [0.2, 0.25) is 5.02 Å². The number of hydrogen-bond acceptors (Lipinski definition) is 4. The number of benzene rings is 2. The molecule has 0 aliphatic heterocycles. The summed E-state index contributed by atoms with van der Waals surface area (Å²) >= 11 is 6.14. The Morgan fingerprint density at radius 3 is 2.15 bits per heavy atom. The first kappa shape index (κ1) is 26.4. The quantitative estimate of drug-likeness (QED) is 0.192. The van der Waals surface area contributed by atoms with Gasteiger partial charge in [-0.15, -0.1) is 0 Å². The van der Waals surface area contributed by atoms with E-state index in [4.69, 9.17) is 16.1 Å². The lowest BCUT2D eigenvalue weighted by Crippen LogP contribution is -2.22. The molecule has 0 N–H and O–H groups in total. The molecule has 0 aliphatic rings. The monoisotopic (exact) mass is 481 g/mol. The van der Waals surface area contributed by atoms with Gasteiger partial charge in [0.15, 0.2) is 5.82 Å². The first-order valence-corrected chi connectivity index (χ1v) is 13.4. The minimum absolute atomic E-state index is 0.615. The van der Waals surface area contributed by atoms with Crippen LogP contribution in [0.4, 0.5) is 0 Å². The molecule has 0 amide bonds. The van der Waals surface area contributed by atoms with E-state index in [0.717, 1.165) is 48.9 Å². The highest BCUT2D eigenvalue weighted by Gasteiger charge is 2.10. The number of halogens is 1. The topological polar surface area (TPSA) is 42.2 Å². The number of nitrogens with zero attached hydrogens (tertiary/aromatic N) is 3. The van der Waals surface area contributed by atoms with Crippen LogP contribution in [0.15, 0.2) is 53.1 Å². The van der Waals surface area contributed by atoms with Crippen molar-refractivity contribution in [2.75, 3.05) is 6.54 Å². The van der Waals surface area contributed by atoms with Gasteiger partial charge in [0.05, 0.1) is 0 Å². The van der Waals surface area contributed by atoms with Gasteiger partial charge in [-0.2, -0.15) is 4.98 Å². The van der Waals surface area contributed by atoms with Crippen LogP contribution in [0.3, 0.4) is 0 Å². The highest BCUT2D eigenvalue weighted by molar-refractivity contribution is 6.30. The zero-order valence-electron chi connectivity index (χ0n) is 20.9. The second-order valence-electron chi connectivity index (χ2n) is 9.22. The number of aromatic nitrogens is 2. The molecule has 2 aromatic carbocycles. The molecule has 0 saturated carbocycles. The number of aryl methyl sites for hydroxylation is 1. The molecule has 3 rings (SSSR count). The Balaban J connectivity index is 1.41. The van der Waals surface area contributed by atoms with E-state index in [1.54, 1.807) is 0 Å². The molecule has 1 aromatic heterocycles. The summed E-state index contributed by atoms with van der Waals surface area (Å²) in [5, 5.41) is 4.98. The third-order valence-electron chi connectivity index (χ3n) is 6.32. The first-order chi connectivity index (χ1) is 16.7. The Bertz CT molecular complexity index is 954. The van der Waals surface area contributed by atoms with Crippen LogP contribution in [-0.4, -0.2) is 21.6 Å². The maximum absolute atomic E-state index is 6.14. The van der Waals surface area contributed by atoms with Gasteiger partial charge in [0, 0.05) is 30.1 Å². The molecular weight excluding hydrogens is 442 g/mol. The number of rotatable bonds is 16. The Labute approximate surface area is 210 Å². The van der Waals surface area contributed by atoms with Gasteiger partial charge in [-0.3, -0.25) is 4.90 Å². The molecule has 184 valence electrons. The molecular formula is C29H40ClN3O. The van der Waals surface area contributed by atoms with Crippen molar-refractivity contribution < 1.29 is 4.52 Å². The van der Waals surface area contributed by atoms with Crippen LogP contribution >= 0.6 is 11.6 Å². The van der Waals surface area contributed by atoms with Gasteiger partial charge in [-0.05, 0) is 48.4 Å². The fourth-order valence-electron chi connectivity index (χ4n) is 4.25. The normalized spacial score (nSPS) is 11.4. The fraction of sp³-hybridized carbons (Fsp3) is 0.517. The maximum Gasteiger partial charge on any atom is 0.257 e. The van der Waals surface area contributed by atoms with Gasteiger partial charge in [-0.25, -0.2) is 0 Å². The van der Waals surface area contributed by atoms with E-state index < -0.39 is 0 Å². The van der Waals surface area contributed by atoms with Crippen molar-refractivity contribution in [1.29, 1.82) is 0 Å². The minimum Gasteiger partial charge on any atom is -0.334 e. The van der Waals surface area contributed by atoms with E-state index in [1.165, 1.54) is 62.5 Å². The molecule has 0 saturated heterocycles. The lowest BCUT2D eigenvalue weighted by atomic mass is 10.1. The molecule has 0 unspecified atom stereocenters. The molecule has 0 fully saturated rings. The Hall–Kier alpha value is -2.17. The van der Waals surface area contributed by atoms with Crippen molar-refractivity contribution in [2.45, 2.75) is 91.1 Å². The van der Waals surface area contributed by atoms with Gasteiger partial charge in [0.2, 0.25) is 0 Å². The van der Waals surface area contributed by atoms with E-state index in [1.807, 2.05) is 18.2 Å². The van der Waals surface area contributed by atoms with Crippen molar-refractivity contribution in [3.63, 3.8) is 0 Å². The highest BCUT2D eigenvalue weighted by Crippen LogP contribution is 2.20. The summed E-state index contributed by atoms with van der Waals surface area (Å²) in [5.41, 5.74) is 3.48. The smallest absolute Gasteiger partial charge is 0.257 e. The van der Waals surface area contributed by atoms with Crippen molar-refractivity contribution in [3.8, 4) is 11.5 Å². The van der Waals surface area contributed by atoms with Crippen molar-refractivity contribution in [2.24, 2.45) is 0 Å². The SMILES string of the molecule is CCCCCCCCCCCc1noc(-c2ccc(CN(CC)Cc3cccc(Cl)c3)cc2)n1. The number of hydrogen-bond donors (Lipinski definition) is 0. The third-order valence-corrected chi connectivity index (χ3v) is 6.56. The second kappa shape index (κ2) is 15.0.